The van der Waals surface area contributed by atoms with Crippen molar-refractivity contribution in [2.45, 2.75) is 70.5 Å². The first kappa shape index (κ1) is 27.2. The number of fused-ring (bicyclic) bond motifs is 5. The number of benzene rings is 1. The van der Waals surface area contributed by atoms with Gasteiger partial charge in [-0.3, -0.25) is 0 Å². The van der Waals surface area contributed by atoms with Crippen molar-refractivity contribution in [1.82, 2.24) is 0 Å². The molecule has 0 amide bonds. The molecule has 2 saturated carbocycles. The van der Waals surface area contributed by atoms with Crippen molar-refractivity contribution in [2.75, 3.05) is 14.2 Å². The molecule has 0 bridgehead atoms. The van der Waals surface area contributed by atoms with E-state index in [1.165, 1.54) is 7.11 Å². The van der Waals surface area contributed by atoms with Gasteiger partial charge in [-0.15, -0.1) is 6.42 Å². The number of carbonyl (C=O) groups is 2. The van der Waals surface area contributed by atoms with Gasteiger partial charge in [-0.25, -0.2) is 9.59 Å². The minimum Gasteiger partial charge on any atom is -0.501 e. The second kappa shape index (κ2) is 9.66. The van der Waals surface area contributed by atoms with Gasteiger partial charge >= 0.3 is 12.3 Å². The average Bonchev–Trinajstić information content (AvgIpc) is 3.15. The highest BCUT2D eigenvalue weighted by Crippen LogP contribution is 2.71. The van der Waals surface area contributed by atoms with E-state index in [9.17, 15) is 9.59 Å². The van der Waals surface area contributed by atoms with Crippen molar-refractivity contribution in [3.05, 3.63) is 53.8 Å². The molecule has 4 aliphatic carbocycles. The molecule has 2 fully saturated rings. The molecule has 4 aliphatic rings. The number of methoxy groups -OCH3 is 2. The molecule has 0 unspecified atom stereocenters. The fraction of sp³-hybridized carbons (Fsp3) is 0.562. The number of hydrogen-bond donors (Lipinski definition) is 0. The second-order valence-electron chi connectivity index (χ2n) is 11.9. The Kier molecular flexibility index (Phi) is 6.73. The number of rotatable bonds is 4. The van der Waals surface area contributed by atoms with Gasteiger partial charge < -0.3 is 23.7 Å². The molecule has 0 aliphatic heterocycles. The summed E-state index contributed by atoms with van der Waals surface area (Å²) in [6, 6.07) is 8.83. The minimum absolute atomic E-state index is 0.0342. The molecule has 7 heteroatoms. The summed E-state index contributed by atoms with van der Waals surface area (Å²) in [5.41, 5.74) is -1.80. The molecule has 0 radical (unpaired) electrons. The average molecular weight is 535 g/mol. The molecule has 1 aromatic carbocycles. The summed E-state index contributed by atoms with van der Waals surface area (Å²) in [5, 5.41) is 0. The van der Waals surface area contributed by atoms with Gasteiger partial charge in [0.1, 0.15) is 11.4 Å². The van der Waals surface area contributed by atoms with E-state index >= 15 is 0 Å². The van der Waals surface area contributed by atoms with Crippen molar-refractivity contribution in [3.63, 3.8) is 0 Å². The lowest BCUT2D eigenvalue weighted by Crippen LogP contribution is -2.66. The predicted octanol–water partition coefficient (Wildman–Crippen LogP) is 6.83. The third kappa shape index (κ3) is 3.86. The van der Waals surface area contributed by atoms with Crippen LogP contribution in [0.1, 0.15) is 59.3 Å². The molecule has 208 valence electrons. The lowest BCUT2D eigenvalue weighted by molar-refractivity contribution is -0.203. The fourth-order valence-electron chi connectivity index (χ4n) is 8.42. The molecule has 0 aromatic heterocycles. The van der Waals surface area contributed by atoms with E-state index in [-0.39, 0.29) is 17.8 Å². The lowest BCUT2D eigenvalue weighted by Gasteiger charge is -2.63. The third-order valence-corrected chi connectivity index (χ3v) is 10.5. The van der Waals surface area contributed by atoms with E-state index in [1.807, 2.05) is 13.0 Å². The topological polar surface area (TPSA) is 80.3 Å². The Bertz CT molecular complexity index is 1240. The van der Waals surface area contributed by atoms with Crippen LogP contribution in [0, 0.1) is 40.9 Å². The molecule has 7 nitrogen and oxygen atoms in total. The van der Waals surface area contributed by atoms with Crippen LogP contribution >= 0.6 is 0 Å². The van der Waals surface area contributed by atoms with E-state index in [4.69, 9.17) is 30.1 Å². The molecular weight excluding hydrogens is 496 g/mol. The number of carbonyl (C=O) groups excluding carboxylic acids is 2. The van der Waals surface area contributed by atoms with Crippen molar-refractivity contribution in [1.29, 1.82) is 0 Å². The highest BCUT2D eigenvalue weighted by molar-refractivity contribution is 5.65. The Morgan fingerprint density at radius 1 is 1.00 bits per heavy atom. The van der Waals surface area contributed by atoms with Crippen molar-refractivity contribution >= 4 is 12.3 Å². The summed E-state index contributed by atoms with van der Waals surface area (Å²) in [7, 11) is 3.04. The van der Waals surface area contributed by atoms with Crippen LogP contribution in [-0.4, -0.2) is 37.7 Å². The highest BCUT2D eigenvalue weighted by Gasteiger charge is 2.73. The lowest BCUT2D eigenvalue weighted by atomic mass is 9.45. The maximum absolute atomic E-state index is 13.1. The smallest absolute Gasteiger partial charge is 0.501 e. The van der Waals surface area contributed by atoms with Crippen molar-refractivity contribution in [3.8, 4) is 18.1 Å². The number of allylic oxidation sites excluding steroid dienone is 3. The SMILES string of the molecule is C#C[C@]1(OC(=O)Oc2ccccc2)[C@@H](C)C[C@H]2[C@@H]3CC=C4C=C(OC)CC[C@]4(C)[C@@]3(OC(=O)OC)CC[C@@]21C. The molecule has 0 spiro atoms. The van der Waals surface area contributed by atoms with Gasteiger partial charge in [0.2, 0.25) is 0 Å². The minimum atomic E-state index is -1.17. The largest absolute Gasteiger partial charge is 0.515 e. The molecule has 0 heterocycles. The molecule has 7 atom stereocenters. The summed E-state index contributed by atoms with van der Waals surface area (Å²) in [6.45, 7) is 6.37. The Labute approximate surface area is 230 Å². The van der Waals surface area contributed by atoms with Gasteiger partial charge in [0, 0.05) is 29.1 Å². The van der Waals surface area contributed by atoms with Crippen LogP contribution in [0.25, 0.3) is 0 Å². The summed E-state index contributed by atoms with van der Waals surface area (Å²) in [4.78, 5) is 25.9. The fourth-order valence-corrected chi connectivity index (χ4v) is 8.42. The molecule has 39 heavy (non-hydrogen) atoms. The maximum Gasteiger partial charge on any atom is 0.515 e. The quantitative estimate of drug-likeness (QED) is 0.238. The van der Waals surface area contributed by atoms with E-state index in [2.05, 4.69) is 31.9 Å². The Balaban J connectivity index is 1.54. The summed E-state index contributed by atoms with van der Waals surface area (Å²) < 4.78 is 28.7. The van der Waals surface area contributed by atoms with Crippen LogP contribution in [-0.2, 0) is 18.9 Å². The standard InChI is InChI=1S/C32H38O7/c1-7-31(39-28(34)37-23-11-9-8-10-12-23)21(2)19-26-25-14-13-22-20-24(35-5)15-16-29(22,3)32(25,38-27(33)36-6)18-17-30(26,31)4/h1,8-13,20-21,25-26H,14-19H2,2-6H3/t21-,25-,26-,29-,30-,31-,32+/m0/s1. The van der Waals surface area contributed by atoms with E-state index in [0.29, 0.717) is 25.0 Å². The summed E-state index contributed by atoms with van der Waals surface area (Å²) in [6.07, 6.45) is 13.3. The van der Waals surface area contributed by atoms with Gasteiger partial charge in [-0.2, -0.15) is 0 Å². The predicted molar refractivity (Wildman–Crippen MR) is 145 cm³/mol. The number of terminal acetylenes is 1. The molecule has 0 saturated heterocycles. The zero-order valence-electron chi connectivity index (χ0n) is 23.5. The Morgan fingerprint density at radius 2 is 1.74 bits per heavy atom. The van der Waals surface area contributed by atoms with Crippen molar-refractivity contribution in [2.24, 2.45) is 28.6 Å². The van der Waals surface area contributed by atoms with Crippen LogP contribution in [0.4, 0.5) is 9.59 Å². The molecular formula is C32H38O7. The first-order valence-electron chi connectivity index (χ1n) is 13.7. The van der Waals surface area contributed by atoms with E-state index in [1.54, 1.807) is 31.4 Å². The van der Waals surface area contributed by atoms with Gasteiger partial charge in [-0.1, -0.05) is 51.0 Å². The van der Waals surface area contributed by atoms with Crippen molar-refractivity contribution < 1.29 is 33.3 Å². The summed E-state index contributed by atoms with van der Waals surface area (Å²) >= 11 is 0. The van der Waals surface area contributed by atoms with Gasteiger partial charge in [0.05, 0.1) is 20.0 Å². The normalized spacial score (nSPS) is 38.4. The number of ether oxygens (including phenoxy) is 5. The van der Waals surface area contributed by atoms with E-state index < -0.39 is 34.3 Å². The van der Waals surface area contributed by atoms with Crippen LogP contribution in [0.5, 0.6) is 5.75 Å². The monoisotopic (exact) mass is 534 g/mol. The Hall–Kier alpha value is -3.40. The van der Waals surface area contributed by atoms with Gasteiger partial charge in [0.15, 0.2) is 5.60 Å². The third-order valence-electron chi connectivity index (χ3n) is 10.5. The van der Waals surface area contributed by atoms with Crippen LogP contribution in [0.2, 0.25) is 0 Å². The van der Waals surface area contributed by atoms with Crippen LogP contribution < -0.4 is 4.74 Å². The van der Waals surface area contributed by atoms with Gasteiger partial charge in [-0.05, 0) is 61.8 Å². The highest BCUT2D eigenvalue weighted by atomic mass is 16.7. The first-order valence-corrected chi connectivity index (χ1v) is 13.7. The Morgan fingerprint density at radius 3 is 2.41 bits per heavy atom. The van der Waals surface area contributed by atoms with Gasteiger partial charge in [0.25, 0.3) is 0 Å². The first-order chi connectivity index (χ1) is 18.6. The summed E-state index contributed by atoms with van der Waals surface area (Å²) in [5.74, 6) is 4.13. The number of hydrogen-bond acceptors (Lipinski definition) is 7. The zero-order chi connectivity index (χ0) is 28.1. The van der Waals surface area contributed by atoms with Crippen LogP contribution in [0.3, 0.4) is 0 Å². The van der Waals surface area contributed by atoms with E-state index in [0.717, 1.165) is 30.6 Å². The zero-order valence-corrected chi connectivity index (χ0v) is 23.5. The number of para-hydroxylation sites is 1. The van der Waals surface area contributed by atoms with Crippen LogP contribution in [0.15, 0.2) is 53.8 Å². The molecule has 5 rings (SSSR count). The molecule has 0 N–H and O–H groups in total. The second-order valence-corrected chi connectivity index (χ2v) is 11.9. The molecule has 1 aromatic rings. The maximum atomic E-state index is 13.1.